The molecule has 0 saturated heterocycles. The highest BCUT2D eigenvalue weighted by Gasteiger charge is 2.32. The molecule has 0 spiro atoms. The Morgan fingerprint density at radius 2 is 1.57 bits per heavy atom. The van der Waals surface area contributed by atoms with Crippen molar-refractivity contribution in [1.29, 1.82) is 0 Å². The van der Waals surface area contributed by atoms with Gasteiger partial charge in [0.05, 0.1) is 6.04 Å². The lowest BCUT2D eigenvalue weighted by atomic mass is 9.90. The highest BCUT2D eigenvalue weighted by atomic mass is 19.1. The van der Waals surface area contributed by atoms with Crippen LogP contribution in [0.2, 0.25) is 0 Å². The van der Waals surface area contributed by atoms with Crippen molar-refractivity contribution >= 4 is 5.96 Å². The van der Waals surface area contributed by atoms with Crippen LogP contribution in [0.3, 0.4) is 0 Å². The number of benzene rings is 3. The van der Waals surface area contributed by atoms with Gasteiger partial charge in [-0.3, -0.25) is 0 Å². The van der Waals surface area contributed by atoms with Crippen LogP contribution in [0.5, 0.6) is 0 Å². The summed E-state index contributed by atoms with van der Waals surface area (Å²) in [6, 6.07) is 23.5. The fourth-order valence-corrected chi connectivity index (χ4v) is 3.76. The van der Waals surface area contributed by atoms with Crippen LogP contribution in [0.15, 0.2) is 77.8 Å². The second kappa shape index (κ2) is 7.85. The minimum atomic E-state index is -0.226. The molecular formula is C24H24FN3. The van der Waals surface area contributed by atoms with Crippen LogP contribution >= 0.6 is 0 Å². The molecule has 2 atom stereocenters. The highest BCUT2D eigenvalue weighted by Crippen LogP contribution is 2.38. The van der Waals surface area contributed by atoms with Crippen LogP contribution in [0.1, 0.15) is 39.9 Å². The van der Waals surface area contributed by atoms with Gasteiger partial charge in [0.2, 0.25) is 0 Å². The SMILES string of the molecule is Cc1ccccc1C1N=C(NCc2cccc(F)c2)NC1c1ccccc1C. The second-order valence-electron chi connectivity index (χ2n) is 7.24. The van der Waals surface area contributed by atoms with Gasteiger partial charge in [-0.05, 0) is 53.8 Å². The highest BCUT2D eigenvalue weighted by molar-refractivity contribution is 5.83. The molecule has 2 unspecified atom stereocenters. The Morgan fingerprint density at radius 3 is 2.25 bits per heavy atom. The van der Waals surface area contributed by atoms with Gasteiger partial charge in [-0.2, -0.15) is 0 Å². The second-order valence-corrected chi connectivity index (χ2v) is 7.24. The van der Waals surface area contributed by atoms with E-state index >= 15 is 0 Å². The van der Waals surface area contributed by atoms with E-state index in [1.165, 1.54) is 28.3 Å². The largest absolute Gasteiger partial charge is 0.352 e. The summed E-state index contributed by atoms with van der Waals surface area (Å²) in [5.41, 5.74) is 5.80. The molecule has 0 aliphatic carbocycles. The van der Waals surface area contributed by atoms with Gasteiger partial charge < -0.3 is 10.6 Å². The van der Waals surface area contributed by atoms with Gasteiger partial charge in [0.1, 0.15) is 11.9 Å². The molecule has 0 fully saturated rings. The van der Waals surface area contributed by atoms with Crippen molar-refractivity contribution < 1.29 is 4.39 Å². The lowest BCUT2D eigenvalue weighted by Gasteiger charge is -2.22. The number of aryl methyl sites for hydroxylation is 2. The van der Waals surface area contributed by atoms with Crippen LogP contribution in [0.4, 0.5) is 4.39 Å². The maximum absolute atomic E-state index is 13.4. The van der Waals surface area contributed by atoms with Gasteiger partial charge in [0.25, 0.3) is 0 Å². The number of hydrogen-bond donors (Lipinski definition) is 2. The third-order valence-corrected chi connectivity index (χ3v) is 5.26. The normalized spacial score (nSPS) is 18.5. The molecule has 4 heteroatoms. The average Bonchev–Trinajstić information content (AvgIpc) is 3.11. The molecule has 3 aromatic carbocycles. The molecule has 0 amide bonds. The number of hydrogen-bond acceptors (Lipinski definition) is 3. The molecule has 1 heterocycles. The molecule has 1 aliphatic rings. The third kappa shape index (κ3) is 3.77. The van der Waals surface area contributed by atoms with Crippen molar-refractivity contribution in [2.45, 2.75) is 32.5 Å². The van der Waals surface area contributed by atoms with Crippen LogP contribution < -0.4 is 10.6 Å². The van der Waals surface area contributed by atoms with Gasteiger partial charge in [-0.1, -0.05) is 60.7 Å². The first kappa shape index (κ1) is 18.2. The molecule has 0 aromatic heterocycles. The number of halogens is 1. The Hall–Kier alpha value is -3.14. The minimum absolute atomic E-state index is 0.0164. The van der Waals surface area contributed by atoms with Gasteiger partial charge in [-0.15, -0.1) is 0 Å². The molecule has 4 rings (SSSR count). The summed E-state index contributed by atoms with van der Waals surface area (Å²) in [4.78, 5) is 4.96. The van der Waals surface area contributed by atoms with E-state index in [-0.39, 0.29) is 17.9 Å². The monoisotopic (exact) mass is 373 g/mol. The number of nitrogens with zero attached hydrogens (tertiary/aromatic N) is 1. The van der Waals surface area contributed by atoms with Gasteiger partial charge in [0.15, 0.2) is 5.96 Å². The quantitative estimate of drug-likeness (QED) is 0.677. The van der Waals surface area contributed by atoms with Crippen molar-refractivity contribution in [3.05, 3.63) is 106 Å². The van der Waals surface area contributed by atoms with E-state index < -0.39 is 0 Å². The van der Waals surface area contributed by atoms with Gasteiger partial charge in [0, 0.05) is 6.54 Å². The van der Waals surface area contributed by atoms with Crippen molar-refractivity contribution in [2.24, 2.45) is 4.99 Å². The van der Waals surface area contributed by atoms with E-state index in [4.69, 9.17) is 4.99 Å². The van der Waals surface area contributed by atoms with Crippen molar-refractivity contribution in [1.82, 2.24) is 10.6 Å². The number of guanidine groups is 1. The third-order valence-electron chi connectivity index (χ3n) is 5.26. The topological polar surface area (TPSA) is 36.4 Å². The Kier molecular flexibility index (Phi) is 5.11. The fraction of sp³-hybridized carbons (Fsp3) is 0.208. The number of rotatable bonds is 4. The summed E-state index contributed by atoms with van der Waals surface area (Å²) in [5.74, 6) is 0.516. The lowest BCUT2D eigenvalue weighted by Crippen LogP contribution is -2.35. The van der Waals surface area contributed by atoms with E-state index in [0.29, 0.717) is 6.54 Å². The van der Waals surface area contributed by atoms with E-state index in [1.54, 1.807) is 12.1 Å². The summed E-state index contributed by atoms with van der Waals surface area (Å²) in [6.45, 7) is 4.77. The number of nitrogens with one attached hydrogen (secondary N) is 2. The summed E-state index contributed by atoms with van der Waals surface area (Å²) in [5, 5.41) is 6.89. The van der Waals surface area contributed by atoms with Crippen LogP contribution in [0.25, 0.3) is 0 Å². The fourth-order valence-electron chi connectivity index (χ4n) is 3.76. The van der Waals surface area contributed by atoms with E-state index in [2.05, 4.69) is 73.0 Å². The zero-order chi connectivity index (χ0) is 19.5. The summed E-state index contributed by atoms with van der Waals surface area (Å²) in [7, 11) is 0. The first-order valence-corrected chi connectivity index (χ1v) is 9.55. The molecule has 0 bridgehead atoms. The first-order valence-electron chi connectivity index (χ1n) is 9.55. The lowest BCUT2D eigenvalue weighted by molar-refractivity contribution is 0.565. The molecule has 3 aromatic rings. The molecule has 1 aliphatic heterocycles. The Labute approximate surface area is 165 Å². The summed E-state index contributed by atoms with van der Waals surface area (Å²) < 4.78 is 13.4. The van der Waals surface area contributed by atoms with Crippen molar-refractivity contribution in [3.63, 3.8) is 0 Å². The average molecular weight is 373 g/mol. The molecule has 28 heavy (non-hydrogen) atoms. The zero-order valence-corrected chi connectivity index (χ0v) is 16.1. The Bertz CT molecular complexity index is 1010. The smallest absolute Gasteiger partial charge is 0.192 e. The van der Waals surface area contributed by atoms with E-state index in [0.717, 1.165) is 11.5 Å². The number of aliphatic imine (C=N–C) groups is 1. The van der Waals surface area contributed by atoms with E-state index in [1.807, 2.05) is 6.07 Å². The van der Waals surface area contributed by atoms with Crippen LogP contribution in [-0.4, -0.2) is 5.96 Å². The van der Waals surface area contributed by atoms with E-state index in [9.17, 15) is 4.39 Å². The standard InChI is InChI=1S/C24H24FN3/c1-16-8-3-5-12-20(16)22-23(21-13-6-4-9-17(21)2)28-24(27-22)26-15-18-10-7-11-19(25)14-18/h3-14,22-23H,15H2,1-2H3,(H2,26,27,28). The molecular weight excluding hydrogens is 349 g/mol. The van der Waals surface area contributed by atoms with Gasteiger partial charge in [-0.25, -0.2) is 9.38 Å². The predicted octanol–water partition coefficient (Wildman–Crippen LogP) is 4.97. The molecule has 0 saturated carbocycles. The predicted molar refractivity (Wildman–Crippen MR) is 112 cm³/mol. The maximum Gasteiger partial charge on any atom is 0.192 e. The Morgan fingerprint density at radius 1 is 0.893 bits per heavy atom. The summed E-state index contributed by atoms with van der Waals surface area (Å²) in [6.07, 6.45) is 0. The zero-order valence-electron chi connectivity index (χ0n) is 16.1. The molecule has 3 nitrogen and oxygen atoms in total. The van der Waals surface area contributed by atoms with Crippen molar-refractivity contribution in [2.75, 3.05) is 0 Å². The maximum atomic E-state index is 13.4. The van der Waals surface area contributed by atoms with Crippen molar-refractivity contribution in [3.8, 4) is 0 Å². The summed E-state index contributed by atoms with van der Waals surface area (Å²) >= 11 is 0. The molecule has 0 radical (unpaired) electrons. The molecule has 2 N–H and O–H groups in total. The van der Waals surface area contributed by atoms with Crippen LogP contribution in [0, 0.1) is 19.7 Å². The molecule has 142 valence electrons. The minimum Gasteiger partial charge on any atom is -0.352 e. The van der Waals surface area contributed by atoms with Gasteiger partial charge >= 0.3 is 0 Å². The van der Waals surface area contributed by atoms with Crippen LogP contribution in [-0.2, 0) is 6.54 Å². The first-order chi connectivity index (χ1) is 13.6. The Balaban J connectivity index is 1.62.